The maximum Gasteiger partial charge on any atom is 0.244 e. The Labute approximate surface area is 118 Å². The van der Waals surface area contributed by atoms with E-state index >= 15 is 0 Å². The van der Waals surface area contributed by atoms with Gasteiger partial charge in [0.15, 0.2) is 10.1 Å². The number of nitrogens with zero attached hydrogens (tertiary/aromatic N) is 2. The van der Waals surface area contributed by atoms with E-state index in [1.807, 2.05) is 16.0 Å². The summed E-state index contributed by atoms with van der Waals surface area (Å²) < 4.78 is 1.83. The SMILES string of the molecule is O=C(/C=C/c1c(Cl)nc2sccn12)NC1(CO)CC1. The molecule has 1 aliphatic rings. The highest BCUT2D eigenvalue weighted by Crippen LogP contribution is 2.34. The van der Waals surface area contributed by atoms with Crippen molar-refractivity contribution in [1.82, 2.24) is 14.7 Å². The van der Waals surface area contributed by atoms with E-state index in [0.29, 0.717) is 10.8 Å². The van der Waals surface area contributed by atoms with Gasteiger partial charge in [-0.3, -0.25) is 9.20 Å². The fourth-order valence-electron chi connectivity index (χ4n) is 1.86. The van der Waals surface area contributed by atoms with E-state index in [2.05, 4.69) is 10.3 Å². The number of thiazole rings is 1. The third-order valence-corrected chi connectivity index (χ3v) is 4.23. The summed E-state index contributed by atoms with van der Waals surface area (Å²) in [7, 11) is 0. The lowest BCUT2D eigenvalue weighted by Gasteiger charge is -2.11. The molecule has 2 aromatic rings. The average molecular weight is 298 g/mol. The summed E-state index contributed by atoms with van der Waals surface area (Å²) in [4.78, 5) is 16.7. The summed E-state index contributed by atoms with van der Waals surface area (Å²) in [5.41, 5.74) is 0.280. The monoisotopic (exact) mass is 297 g/mol. The third-order valence-electron chi connectivity index (χ3n) is 3.19. The number of hydrogen-bond acceptors (Lipinski definition) is 4. The number of halogens is 1. The molecule has 7 heteroatoms. The molecule has 0 aromatic carbocycles. The minimum absolute atomic E-state index is 0.0191. The molecule has 0 radical (unpaired) electrons. The molecule has 3 rings (SSSR count). The summed E-state index contributed by atoms with van der Waals surface area (Å²) in [6.45, 7) is -0.0191. The van der Waals surface area contributed by atoms with Gasteiger partial charge in [-0.2, -0.15) is 0 Å². The first-order chi connectivity index (χ1) is 9.13. The summed E-state index contributed by atoms with van der Waals surface area (Å²) in [6.07, 6.45) is 6.56. The molecule has 0 atom stereocenters. The van der Waals surface area contributed by atoms with E-state index in [-0.39, 0.29) is 12.5 Å². The number of imidazole rings is 1. The number of carbonyl (C=O) groups excluding carboxylic acids is 1. The van der Waals surface area contributed by atoms with Crippen molar-refractivity contribution >= 4 is 39.9 Å². The van der Waals surface area contributed by atoms with Gasteiger partial charge in [-0.1, -0.05) is 11.6 Å². The fourth-order valence-corrected chi connectivity index (χ4v) is 2.86. The fraction of sp³-hybridized carbons (Fsp3) is 0.333. The zero-order chi connectivity index (χ0) is 13.5. The number of rotatable bonds is 4. The lowest BCUT2D eigenvalue weighted by Crippen LogP contribution is -2.38. The van der Waals surface area contributed by atoms with Crippen LogP contribution in [-0.4, -0.2) is 32.5 Å². The molecule has 19 heavy (non-hydrogen) atoms. The van der Waals surface area contributed by atoms with Gasteiger partial charge in [0.2, 0.25) is 5.91 Å². The molecule has 100 valence electrons. The highest BCUT2D eigenvalue weighted by atomic mass is 35.5. The molecule has 1 aliphatic carbocycles. The van der Waals surface area contributed by atoms with Gasteiger partial charge < -0.3 is 10.4 Å². The molecule has 1 saturated carbocycles. The van der Waals surface area contributed by atoms with E-state index in [9.17, 15) is 4.79 Å². The van der Waals surface area contributed by atoms with Crippen molar-refractivity contribution in [3.05, 3.63) is 28.5 Å². The van der Waals surface area contributed by atoms with Gasteiger partial charge in [0.1, 0.15) is 0 Å². The van der Waals surface area contributed by atoms with E-state index in [0.717, 1.165) is 17.8 Å². The Hall–Kier alpha value is -1.37. The Kier molecular flexibility index (Phi) is 3.08. The second-order valence-electron chi connectivity index (χ2n) is 4.60. The molecule has 0 saturated heterocycles. The summed E-state index contributed by atoms with van der Waals surface area (Å²) >= 11 is 7.50. The van der Waals surface area contributed by atoms with E-state index in [4.69, 9.17) is 16.7 Å². The van der Waals surface area contributed by atoms with Crippen LogP contribution in [0.15, 0.2) is 17.7 Å². The second-order valence-corrected chi connectivity index (χ2v) is 5.84. The molecular formula is C12H12ClN3O2S. The number of aliphatic hydroxyl groups excluding tert-OH is 1. The van der Waals surface area contributed by atoms with Crippen molar-refractivity contribution in [3.8, 4) is 0 Å². The van der Waals surface area contributed by atoms with Crippen LogP contribution in [0.3, 0.4) is 0 Å². The van der Waals surface area contributed by atoms with Crippen LogP contribution >= 0.6 is 22.9 Å². The molecule has 1 fully saturated rings. The molecular weight excluding hydrogens is 286 g/mol. The zero-order valence-electron chi connectivity index (χ0n) is 9.97. The van der Waals surface area contributed by atoms with Crippen LogP contribution in [0.4, 0.5) is 0 Å². The van der Waals surface area contributed by atoms with Crippen molar-refractivity contribution in [2.75, 3.05) is 6.61 Å². The van der Waals surface area contributed by atoms with E-state index in [1.54, 1.807) is 6.08 Å². The third kappa shape index (κ3) is 2.39. The van der Waals surface area contributed by atoms with Gasteiger partial charge in [-0.05, 0) is 18.9 Å². The Morgan fingerprint density at radius 2 is 2.47 bits per heavy atom. The van der Waals surface area contributed by atoms with E-state index in [1.165, 1.54) is 17.4 Å². The first kappa shape index (κ1) is 12.7. The second kappa shape index (κ2) is 4.63. The minimum atomic E-state index is -0.402. The zero-order valence-corrected chi connectivity index (χ0v) is 11.5. The van der Waals surface area contributed by atoms with Gasteiger partial charge >= 0.3 is 0 Å². The number of carbonyl (C=O) groups is 1. The van der Waals surface area contributed by atoms with Crippen LogP contribution < -0.4 is 5.32 Å². The predicted molar refractivity (Wildman–Crippen MR) is 74.3 cm³/mol. The van der Waals surface area contributed by atoms with Crippen LogP contribution in [0.1, 0.15) is 18.5 Å². The van der Waals surface area contributed by atoms with Crippen molar-refractivity contribution < 1.29 is 9.90 Å². The van der Waals surface area contributed by atoms with Gasteiger partial charge in [-0.15, -0.1) is 11.3 Å². The van der Waals surface area contributed by atoms with Gasteiger partial charge in [-0.25, -0.2) is 4.98 Å². The Morgan fingerprint density at radius 1 is 1.68 bits per heavy atom. The summed E-state index contributed by atoms with van der Waals surface area (Å²) in [5.74, 6) is -0.229. The quantitative estimate of drug-likeness (QED) is 0.844. The molecule has 2 aromatic heterocycles. The van der Waals surface area contributed by atoms with Crippen molar-refractivity contribution in [2.24, 2.45) is 0 Å². The summed E-state index contributed by atoms with van der Waals surface area (Å²) in [6, 6.07) is 0. The average Bonchev–Trinajstić information content (AvgIpc) is 2.89. The number of amides is 1. The van der Waals surface area contributed by atoms with Crippen LogP contribution in [0, 0.1) is 0 Å². The molecule has 2 heterocycles. The number of hydrogen-bond donors (Lipinski definition) is 2. The number of nitrogens with one attached hydrogen (secondary N) is 1. The Balaban J connectivity index is 1.77. The lowest BCUT2D eigenvalue weighted by molar-refractivity contribution is -0.117. The number of fused-ring (bicyclic) bond motifs is 1. The van der Waals surface area contributed by atoms with Gasteiger partial charge in [0.05, 0.1) is 17.8 Å². The molecule has 5 nitrogen and oxygen atoms in total. The Bertz CT molecular complexity index is 657. The molecule has 0 aliphatic heterocycles. The van der Waals surface area contributed by atoms with Crippen LogP contribution in [0.5, 0.6) is 0 Å². The van der Waals surface area contributed by atoms with Crippen LogP contribution in [0.2, 0.25) is 5.15 Å². The predicted octanol–water partition coefficient (Wildman–Crippen LogP) is 1.70. The topological polar surface area (TPSA) is 66.6 Å². The van der Waals surface area contributed by atoms with Crippen LogP contribution in [-0.2, 0) is 4.79 Å². The molecule has 0 unspecified atom stereocenters. The molecule has 2 N–H and O–H groups in total. The number of aliphatic hydroxyl groups is 1. The Morgan fingerprint density at radius 3 is 3.16 bits per heavy atom. The smallest absolute Gasteiger partial charge is 0.244 e. The standard InChI is InChI=1S/C12H12ClN3O2S/c13-10-8(16-5-6-19-11(16)14-10)1-2-9(18)15-12(7-17)3-4-12/h1-2,5-6,17H,3-4,7H2,(H,15,18)/b2-1+. The van der Waals surface area contributed by atoms with Crippen molar-refractivity contribution in [2.45, 2.75) is 18.4 Å². The minimum Gasteiger partial charge on any atom is -0.394 e. The maximum atomic E-state index is 11.8. The molecule has 0 spiro atoms. The van der Waals surface area contributed by atoms with Crippen molar-refractivity contribution in [1.29, 1.82) is 0 Å². The maximum absolute atomic E-state index is 11.8. The molecule has 1 amide bonds. The van der Waals surface area contributed by atoms with Gasteiger partial charge in [0.25, 0.3) is 0 Å². The van der Waals surface area contributed by atoms with Gasteiger partial charge in [0, 0.05) is 17.7 Å². The summed E-state index contributed by atoms with van der Waals surface area (Å²) in [5, 5.41) is 14.2. The highest BCUT2D eigenvalue weighted by Gasteiger charge is 2.42. The lowest BCUT2D eigenvalue weighted by atomic mass is 10.3. The normalized spacial score (nSPS) is 17.2. The van der Waals surface area contributed by atoms with Crippen molar-refractivity contribution in [3.63, 3.8) is 0 Å². The molecule has 0 bridgehead atoms. The highest BCUT2D eigenvalue weighted by molar-refractivity contribution is 7.15. The first-order valence-electron chi connectivity index (χ1n) is 5.86. The van der Waals surface area contributed by atoms with E-state index < -0.39 is 5.54 Å². The largest absolute Gasteiger partial charge is 0.394 e. The van der Waals surface area contributed by atoms with Crippen LogP contribution in [0.25, 0.3) is 11.0 Å². The number of aromatic nitrogens is 2. The first-order valence-corrected chi connectivity index (χ1v) is 7.11.